The highest BCUT2D eigenvalue weighted by atomic mass is 15.1. The van der Waals surface area contributed by atoms with Gasteiger partial charge in [0, 0.05) is 16.9 Å². The van der Waals surface area contributed by atoms with E-state index in [0.29, 0.717) is 5.92 Å². The molecule has 0 heterocycles. The van der Waals surface area contributed by atoms with Crippen molar-refractivity contribution >= 4 is 27.8 Å². The Kier molecular flexibility index (Phi) is 9.23. The zero-order valence-corrected chi connectivity index (χ0v) is 33.8. The number of anilines is 3. The van der Waals surface area contributed by atoms with Crippen molar-refractivity contribution in [3.05, 3.63) is 246 Å². The Balaban J connectivity index is 1.17. The molecule has 0 aliphatic heterocycles. The highest BCUT2D eigenvalue weighted by molar-refractivity contribution is 6.03. The van der Waals surface area contributed by atoms with Gasteiger partial charge in [-0.2, -0.15) is 0 Å². The summed E-state index contributed by atoms with van der Waals surface area (Å²) < 4.78 is 0. The van der Waals surface area contributed by atoms with Crippen LogP contribution in [0.1, 0.15) is 65.8 Å². The lowest BCUT2D eigenvalue weighted by molar-refractivity contribution is 0.445. The zero-order valence-electron chi connectivity index (χ0n) is 33.8. The minimum atomic E-state index is -0.503. The third kappa shape index (κ3) is 5.99. The van der Waals surface area contributed by atoms with E-state index < -0.39 is 5.41 Å². The molecule has 0 atom stereocenters. The molecular weight excluding hydrogens is 723 g/mol. The van der Waals surface area contributed by atoms with Gasteiger partial charge < -0.3 is 4.90 Å². The van der Waals surface area contributed by atoms with Crippen molar-refractivity contribution in [3.8, 4) is 33.4 Å². The Morgan fingerprint density at radius 3 is 1.65 bits per heavy atom. The Morgan fingerprint density at radius 2 is 0.933 bits per heavy atom. The van der Waals surface area contributed by atoms with E-state index in [9.17, 15) is 0 Å². The minimum absolute atomic E-state index is 0.503. The van der Waals surface area contributed by atoms with Crippen molar-refractivity contribution < 1.29 is 0 Å². The highest BCUT2D eigenvalue weighted by Crippen LogP contribution is 2.57. The van der Waals surface area contributed by atoms with Crippen LogP contribution < -0.4 is 4.90 Å². The number of para-hydroxylation sites is 1. The molecule has 0 amide bonds. The molecule has 0 radical (unpaired) electrons. The van der Waals surface area contributed by atoms with Gasteiger partial charge in [-0.3, -0.25) is 0 Å². The van der Waals surface area contributed by atoms with Crippen LogP contribution in [0.2, 0.25) is 0 Å². The van der Waals surface area contributed by atoms with E-state index in [0.717, 1.165) is 17.1 Å². The highest BCUT2D eigenvalue weighted by Gasteiger charge is 2.46. The van der Waals surface area contributed by atoms with Gasteiger partial charge in [0.25, 0.3) is 0 Å². The van der Waals surface area contributed by atoms with Crippen molar-refractivity contribution in [2.24, 2.45) is 0 Å². The summed E-state index contributed by atoms with van der Waals surface area (Å²) in [7, 11) is 0. The van der Waals surface area contributed by atoms with E-state index in [4.69, 9.17) is 0 Å². The van der Waals surface area contributed by atoms with Crippen LogP contribution in [0.25, 0.3) is 44.2 Å². The quantitative estimate of drug-likeness (QED) is 0.149. The molecule has 0 aromatic heterocycles. The van der Waals surface area contributed by atoms with Gasteiger partial charge >= 0.3 is 0 Å². The standard InChI is InChI=1S/C59H47N/c1-5-19-42(20-6-1)43-35-37-48(38-36-43)60(57-34-16-14-30-53(57)54-32-18-24-45-23-17-31-50(58(45)54)44-21-7-2-8-22-44)49-39-40-52-51-29-13-15-33-55(51)59(56(52)41-49,46-25-9-3-10-26-46)47-27-11-4-12-28-47/h1,3-6,9-20,23-41,44H,2,7-8,21-22H2. The first-order valence-corrected chi connectivity index (χ1v) is 21.7. The normalized spacial score (nSPS) is 14.4. The summed E-state index contributed by atoms with van der Waals surface area (Å²) in [5.41, 5.74) is 17.1. The zero-order chi connectivity index (χ0) is 39.9. The van der Waals surface area contributed by atoms with E-state index in [1.54, 1.807) is 0 Å². The SMILES string of the molecule is c1ccc(-c2ccc(N(c3ccc4c(c3)C(c3ccccc3)(c3ccccc3)c3ccccc3-4)c3ccccc3-c3cccc4cccc(C5CCCCC5)c34)cc2)cc1. The molecule has 1 fully saturated rings. The van der Waals surface area contributed by atoms with Gasteiger partial charge in [-0.15, -0.1) is 0 Å². The van der Waals surface area contributed by atoms with Crippen LogP contribution >= 0.6 is 0 Å². The van der Waals surface area contributed by atoms with Crippen molar-refractivity contribution in [1.29, 1.82) is 0 Å². The summed E-state index contributed by atoms with van der Waals surface area (Å²) in [5.74, 6) is 0.583. The first-order valence-electron chi connectivity index (χ1n) is 21.7. The van der Waals surface area contributed by atoms with E-state index >= 15 is 0 Å². The predicted molar refractivity (Wildman–Crippen MR) is 253 cm³/mol. The summed E-state index contributed by atoms with van der Waals surface area (Å²) in [5, 5.41) is 2.71. The molecule has 0 bridgehead atoms. The molecule has 2 aliphatic carbocycles. The molecule has 0 saturated heterocycles. The molecule has 1 heteroatoms. The molecular formula is C59H47N. The number of hydrogen-bond acceptors (Lipinski definition) is 1. The van der Waals surface area contributed by atoms with Gasteiger partial charge in [-0.1, -0.05) is 207 Å². The van der Waals surface area contributed by atoms with Gasteiger partial charge in [0.1, 0.15) is 0 Å². The second-order valence-corrected chi connectivity index (χ2v) is 16.6. The fourth-order valence-corrected chi connectivity index (χ4v) is 10.7. The number of hydrogen-bond donors (Lipinski definition) is 0. The van der Waals surface area contributed by atoms with E-state index in [1.807, 2.05) is 0 Å². The van der Waals surface area contributed by atoms with E-state index in [2.05, 4.69) is 223 Å². The van der Waals surface area contributed by atoms with Crippen molar-refractivity contribution in [2.45, 2.75) is 43.4 Å². The molecule has 288 valence electrons. The van der Waals surface area contributed by atoms with Crippen LogP contribution in [-0.2, 0) is 5.41 Å². The minimum Gasteiger partial charge on any atom is -0.310 e. The second kappa shape index (κ2) is 15.3. The molecule has 0 unspecified atom stereocenters. The first-order chi connectivity index (χ1) is 29.8. The number of fused-ring (bicyclic) bond motifs is 4. The Morgan fingerprint density at radius 1 is 0.383 bits per heavy atom. The molecule has 1 saturated carbocycles. The Bertz CT molecular complexity index is 2900. The van der Waals surface area contributed by atoms with Crippen LogP contribution in [0.5, 0.6) is 0 Å². The Labute approximate surface area is 354 Å². The third-order valence-corrected chi connectivity index (χ3v) is 13.3. The predicted octanol–water partition coefficient (Wildman–Crippen LogP) is 16.1. The van der Waals surface area contributed by atoms with Gasteiger partial charge in [0.2, 0.25) is 0 Å². The summed E-state index contributed by atoms with van der Waals surface area (Å²) in [6.07, 6.45) is 6.48. The molecule has 0 N–H and O–H groups in total. The summed E-state index contributed by atoms with van der Waals surface area (Å²) in [6, 6.07) is 81.4. The maximum absolute atomic E-state index is 2.51. The molecule has 9 aromatic carbocycles. The lowest BCUT2D eigenvalue weighted by atomic mass is 9.67. The maximum atomic E-state index is 2.51. The van der Waals surface area contributed by atoms with Gasteiger partial charge in [0.05, 0.1) is 11.1 Å². The molecule has 1 nitrogen and oxygen atoms in total. The molecule has 11 rings (SSSR count). The number of benzene rings is 9. The van der Waals surface area contributed by atoms with Crippen LogP contribution in [0.15, 0.2) is 218 Å². The summed E-state index contributed by atoms with van der Waals surface area (Å²) >= 11 is 0. The first kappa shape index (κ1) is 36.1. The fraction of sp³-hybridized carbons (Fsp3) is 0.119. The van der Waals surface area contributed by atoms with Gasteiger partial charge in [-0.05, 0) is 115 Å². The monoisotopic (exact) mass is 769 g/mol. The van der Waals surface area contributed by atoms with Gasteiger partial charge in [-0.25, -0.2) is 0 Å². The van der Waals surface area contributed by atoms with E-state index in [1.165, 1.54) is 104 Å². The number of rotatable bonds is 8. The molecule has 60 heavy (non-hydrogen) atoms. The van der Waals surface area contributed by atoms with Crippen molar-refractivity contribution in [3.63, 3.8) is 0 Å². The maximum Gasteiger partial charge on any atom is 0.0714 e. The summed E-state index contributed by atoms with van der Waals surface area (Å²) in [4.78, 5) is 2.51. The third-order valence-electron chi connectivity index (χ3n) is 13.3. The lowest BCUT2D eigenvalue weighted by Crippen LogP contribution is -2.28. The van der Waals surface area contributed by atoms with Crippen LogP contribution in [0.3, 0.4) is 0 Å². The van der Waals surface area contributed by atoms with Gasteiger partial charge in [0.15, 0.2) is 0 Å². The van der Waals surface area contributed by atoms with E-state index in [-0.39, 0.29) is 0 Å². The van der Waals surface area contributed by atoms with Crippen molar-refractivity contribution in [1.82, 2.24) is 0 Å². The molecule has 2 aliphatic rings. The number of nitrogens with zero attached hydrogens (tertiary/aromatic N) is 1. The smallest absolute Gasteiger partial charge is 0.0714 e. The molecule has 0 spiro atoms. The molecule has 9 aromatic rings. The fourth-order valence-electron chi connectivity index (χ4n) is 10.7. The average molecular weight is 770 g/mol. The lowest BCUT2D eigenvalue weighted by Gasteiger charge is -2.35. The largest absolute Gasteiger partial charge is 0.310 e. The van der Waals surface area contributed by atoms with Crippen LogP contribution in [0.4, 0.5) is 17.1 Å². The summed E-state index contributed by atoms with van der Waals surface area (Å²) in [6.45, 7) is 0. The Hall–Kier alpha value is -6.96. The van der Waals surface area contributed by atoms with Crippen LogP contribution in [-0.4, -0.2) is 0 Å². The van der Waals surface area contributed by atoms with Crippen LogP contribution in [0, 0.1) is 0 Å². The topological polar surface area (TPSA) is 3.24 Å². The van der Waals surface area contributed by atoms with Crippen molar-refractivity contribution in [2.75, 3.05) is 4.90 Å². The average Bonchev–Trinajstić information content (AvgIpc) is 3.63. The second-order valence-electron chi connectivity index (χ2n) is 16.6.